The fourth-order valence-corrected chi connectivity index (χ4v) is 8.03. The molecule has 0 nitrogen and oxygen atoms in total. The van der Waals surface area contributed by atoms with E-state index in [4.69, 9.17) is 0 Å². The summed E-state index contributed by atoms with van der Waals surface area (Å²) in [5.41, 5.74) is 6.66. The zero-order valence-electron chi connectivity index (χ0n) is 14.9. The van der Waals surface area contributed by atoms with Gasteiger partial charge in [-0.2, -0.15) is 0 Å². The molecule has 0 N–H and O–H groups in total. The van der Waals surface area contributed by atoms with Gasteiger partial charge in [-0.1, -0.05) is 0 Å². The Morgan fingerprint density at radius 1 is 0.640 bits per heavy atom. The Kier molecular flexibility index (Phi) is 8.73. The third-order valence-corrected chi connectivity index (χ3v) is 9.25. The van der Waals surface area contributed by atoms with Crippen LogP contribution in [-0.2, 0) is 23.2 Å². The Morgan fingerprint density at radius 3 is 1.52 bits per heavy atom. The van der Waals surface area contributed by atoms with Crippen molar-refractivity contribution >= 4 is 24.8 Å². The van der Waals surface area contributed by atoms with Crippen molar-refractivity contribution in [3.8, 4) is 0 Å². The van der Waals surface area contributed by atoms with Gasteiger partial charge >= 0.3 is 153 Å². The van der Waals surface area contributed by atoms with Crippen molar-refractivity contribution in [2.75, 3.05) is 0 Å². The normalized spacial score (nSPS) is 22.4. The molecule has 0 fully saturated rings. The van der Waals surface area contributed by atoms with Crippen LogP contribution < -0.4 is 0 Å². The minimum atomic E-state index is -0.596. The molecule has 0 radical (unpaired) electrons. The van der Waals surface area contributed by atoms with Crippen LogP contribution >= 0.6 is 24.8 Å². The van der Waals surface area contributed by atoms with Crippen molar-refractivity contribution in [1.82, 2.24) is 0 Å². The molecule has 134 valence electrons. The molecular formula is C22H28Cl2Zr. The molecule has 0 amide bonds. The largest absolute Gasteiger partial charge is 0.147 e. The number of hydrogen-bond donors (Lipinski definition) is 0. The third kappa shape index (κ3) is 5.00. The van der Waals surface area contributed by atoms with Crippen molar-refractivity contribution in [3.63, 3.8) is 0 Å². The van der Waals surface area contributed by atoms with Crippen molar-refractivity contribution < 1.29 is 23.2 Å². The molecule has 0 atom stereocenters. The minimum Gasteiger partial charge on any atom is -0.147 e. The van der Waals surface area contributed by atoms with E-state index in [1.54, 1.807) is 22.3 Å². The van der Waals surface area contributed by atoms with Gasteiger partial charge in [-0.15, -0.1) is 24.8 Å². The van der Waals surface area contributed by atoms with E-state index in [-0.39, 0.29) is 24.8 Å². The summed E-state index contributed by atoms with van der Waals surface area (Å²) in [6.45, 7) is 0. The molecule has 0 heterocycles. The number of hydrogen-bond acceptors (Lipinski definition) is 0. The van der Waals surface area contributed by atoms with Gasteiger partial charge in [0.1, 0.15) is 0 Å². The molecule has 0 saturated heterocycles. The van der Waals surface area contributed by atoms with Crippen LogP contribution in [0.4, 0.5) is 0 Å². The van der Waals surface area contributed by atoms with E-state index >= 15 is 0 Å². The predicted molar refractivity (Wildman–Crippen MR) is 109 cm³/mol. The summed E-state index contributed by atoms with van der Waals surface area (Å²) in [5, 5.41) is 0. The maximum Gasteiger partial charge on any atom is -0.147 e. The molecule has 0 aliphatic heterocycles. The van der Waals surface area contributed by atoms with Gasteiger partial charge in [0, 0.05) is 0 Å². The second-order valence-electron chi connectivity index (χ2n) is 7.07. The van der Waals surface area contributed by atoms with Gasteiger partial charge in [0.2, 0.25) is 0 Å². The van der Waals surface area contributed by atoms with E-state index in [0.29, 0.717) is 0 Å². The first-order valence-electron chi connectivity index (χ1n) is 9.37. The summed E-state index contributed by atoms with van der Waals surface area (Å²) in [4.78, 5) is 0. The molecule has 0 spiro atoms. The second kappa shape index (κ2) is 10.3. The van der Waals surface area contributed by atoms with E-state index in [2.05, 4.69) is 36.5 Å². The molecule has 0 saturated carbocycles. The molecule has 0 aromatic heterocycles. The van der Waals surface area contributed by atoms with Crippen LogP contribution in [-0.4, -0.2) is 0 Å². The van der Waals surface area contributed by atoms with Gasteiger partial charge in [-0.05, 0) is 0 Å². The van der Waals surface area contributed by atoms with Crippen LogP contribution in [0.1, 0.15) is 64.2 Å². The summed E-state index contributed by atoms with van der Waals surface area (Å²) in [6, 6.07) is 0. The van der Waals surface area contributed by atoms with Crippen LogP contribution in [0, 0.1) is 0 Å². The summed E-state index contributed by atoms with van der Waals surface area (Å²) in [5.74, 6) is 0. The molecule has 4 aliphatic rings. The Hall–Kier alpha value is -0.0969. The van der Waals surface area contributed by atoms with Gasteiger partial charge in [-0.25, -0.2) is 0 Å². The standard InChI is InChI=1S/2C11H13.2ClH.Zr/c2*1-2-6-10(7-3-1)11-8-4-5-9-11;;;/h2*4,6,8H,1-3,5,7H2;2*1H;. The number of halogens is 2. The first kappa shape index (κ1) is 21.2. The number of rotatable bonds is 4. The predicted octanol–water partition coefficient (Wildman–Crippen LogP) is 7.34. The maximum absolute atomic E-state index is 2.53. The molecule has 4 aliphatic carbocycles. The summed E-state index contributed by atoms with van der Waals surface area (Å²) < 4.78 is 3.68. The Bertz CT molecular complexity index is 616. The average Bonchev–Trinajstić information content (AvgIpc) is 3.26. The van der Waals surface area contributed by atoms with E-state index in [0.717, 1.165) is 0 Å². The first-order chi connectivity index (χ1) is 11.4. The zero-order valence-corrected chi connectivity index (χ0v) is 18.9. The van der Waals surface area contributed by atoms with Crippen LogP contribution in [0.3, 0.4) is 0 Å². The fourth-order valence-electron chi connectivity index (χ4n) is 4.20. The minimum absolute atomic E-state index is 0. The van der Waals surface area contributed by atoms with Gasteiger partial charge < -0.3 is 0 Å². The molecule has 0 bridgehead atoms. The maximum atomic E-state index is 2.53. The molecule has 0 aromatic carbocycles. The molecule has 0 unspecified atom stereocenters. The Balaban J connectivity index is 0.00000113. The van der Waals surface area contributed by atoms with E-state index in [1.165, 1.54) is 64.2 Å². The topological polar surface area (TPSA) is 0 Å². The average molecular weight is 455 g/mol. The van der Waals surface area contributed by atoms with Gasteiger partial charge in [0.25, 0.3) is 0 Å². The van der Waals surface area contributed by atoms with Crippen LogP contribution in [0.5, 0.6) is 0 Å². The van der Waals surface area contributed by atoms with Crippen LogP contribution in [0.2, 0.25) is 0 Å². The molecule has 3 heteroatoms. The Labute approximate surface area is 176 Å². The van der Waals surface area contributed by atoms with Crippen LogP contribution in [0.15, 0.2) is 65.3 Å². The van der Waals surface area contributed by atoms with Crippen molar-refractivity contribution in [2.45, 2.75) is 64.2 Å². The molecule has 4 rings (SSSR count). The van der Waals surface area contributed by atoms with Crippen molar-refractivity contribution in [1.29, 1.82) is 0 Å². The summed E-state index contributed by atoms with van der Waals surface area (Å²) in [7, 11) is 0. The van der Waals surface area contributed by atoms with E-state index in [9.17, 15) is 0 Å². The fraction of sp³-hybridized carbons (Fsp3) is 0.455. The van der Waals surface area contributed by atoms with Gasteiger partial charge in [-0.3, -0.25) is 0 Å². The zero-order chi connectivity index (χ0) is 15.5. The van der Waals surface area contributed by atoms with Crippen molar-refractivity contribution in [3.05, 3.63) is 65.3 Å². The van der Waals surface area contributed by atoms with Gasteiger partial charge in [0.05, 0.1) is 0 Å². The third-order valence-electron chi connectivity index (χ3n) is 5.44. The molecule has 0 aromatic rings. The van der Waals surface area contributed by atoms with Gasteiger partial charge in [0.15, 0.2) is 0 Å². The summed E-state index contributed by atoms with van der Waals surface area (Å²) >= 11 is -0.596. The monoisotopic (exact) mass is 452 g/mol. The smallest absolute Gasteiger partial charge is 0.147 e. The number of allylic oxidation sites excluding steroid dienone is 12. The van der Waals surface area contributed by atoms with E-state index in [1.807, 2.05) is 6.56 Å². The Morgan fingerprint density at radius 2 is 1.12 bits per heavy atom. The summed E-state index contributed by atoms with van der Waals surface area (Å²) in [6.07, 6.45) is 28.1. The first-order valence-corrected chi connectivity index (χ1v) is 11.8. The quantitative estimate of drug-likeness (QED) is 0.417. The second-order valence-corrected chi connectivity index (χ2v) is 10.7. The SMILES string of the molecule is C1=CC(C2=CCCCC2)=[C]([Zr][C]2=C(C3=CCCCC3)C=CC2)C1.Cl.Cl. The molecular weight excluding hydrogens is 426 g/mol. The molecule has 25 heavy (non-hydrogen) atoms. The van der Waals surface area contributed by atoms with Crippen LogP contribution in [0.25, 0.3) is 0 Å². The van der Waals surface area contributed by atoms with E-state index < -0.39 is 23.2 Å². The van der Waals surface area contributed by atoms with Crippen molar-refractivity contribution in [2.24, 2.45) is 0 Å².